The van der Waals surface area contributed by atoms with Crippen molar-refractivity contribution in [1.29, 1.82) is 0 Å². The topological polar surface area (TPSA) is 83.3 Å². The van der Waals surface area contributed by atoms with E-state index in [2.05, 4.69) is 10.2 Å². The van der Waals surface area contributed by atoms with Gasteiger partial charge in [-0.15, -0.1) is 0 Å². The van der Waals surface area contributed by atoms with Crippen molar-refractivity contribution in [3.8, 4) is 5.69 Å². The van der Waals surface area contributed by atoms with Crippen molar-refractivity contribution in [1.82, 2.24) is 15.0 Å². The van der Waals surface area contributed by atoms with Gasteiger partial charge in [0.2, 0.25) is 0 Å². The zero-order chi connectivity index (χ0) is 16.1. The van der Waals surface area contributed by atoms with Crippen LogP contribution in [0.25, 0.3) is 5.69 Å². The second kappa shape index (κ2) is 6.84. The molecule has 0 bridgehead atoms. The Balaban J connectivity index is 2.19. The van der Waals surface area contributed by atoms with Crippen molar-refractivity contribution < 1.29 is 19.1 Å². The molecule has 0 amide bonds. The summed E-state index contributed by atoms with van der Waals surface area (Å²) in [5.41, 5.74) is 1.47. The number of hydrogen-bond acceptors (Lipinski definition) is 6. The molecule has 22 heavy (non-hydrogen) atoms. The number of esters is 1. The molecule has 116 valence electrons. The maximum Gasteiger partial charge on any atom is 0.516 e. The van der Waals surface area contributed by atoms with Crippen molar-refractivity contribution in [2.45, 2.75) is 20.8 Å². The number of nitrogens with zero attached hydrogens (tertiary/aromatic N) is 3. The Labute approximate surface area is 127 Å². The predicted octanol–water partition coefficient (Wildman–Crippen LogP) is 2.53. The molecule has 0 aliphatic rings. The van der Waals surface area contributed by atoms with Crippen LogP contribution in [0, 0.1) is 12.8 Å². The van der Waals surface area contributed by atoms with Crippen LogP contribution in [0.2, 0.25) is 0 Å². The molecule has 2 rings (SSSR count). The molecule has 0 N–H and O–H groups in total. The largest absolute Gasteiger partial charge is 0.516 e. The van der Waals surface area contributed by atoms with E-state index in [-0.39, 0.29) is 18.1 Å². The van der Waals surface area contributed by atoms with E-state index in [1.54, 1.807) is 12.1 Å². The number of ether oxygens (including phenoxy) is 2. The zero-order valence-corrected chi connectivity index (χ0v) is 12.6. The van der Waals surface area contributed by atoms with Crippen molar-refractivity contribution in [3.63, 3.8) is 0 Å². The Morgan fingerprint density at radius 1 is 1.23 bits per heavy atom. The van der Waals surface area contributed by atoms with E-state index in [1.165, 1.54) is 17.2 Å². The minimum absolute atomic E-state index is 0.158. The first-order valence-electron chi connectivity index (χ1n) is 6.83. The monoisotopic (exact) mass is 303 g/mol. The fraction of sp³-hybridized carbons (Fsp3) is 0.333. The molecule has 0 atom stereocenters. The molecule has 0 aliphatic carbocycles. The number of carbonyl (C=O) groups excluding carboxylic acids is 2. The second-order valence-electron chi connectivity index (χ2n) is 5.18. The van der Waals surface area contributed by atoms with Gasteiger partial charge in [0.15, 0.2) is 0 Å². The summed E-state index contributed by atoms with van der Waals surface area (Å²) in [5, 5.41) is 7.96. The van der Waals surface area contributed by atoms with E-state index in [0.717, 1.165) is 5.56 Å². The molecule has 0 radical (unpaired) electrons. The average molecular weight is 303 g/mol. The van der Waals surface area contributed by atoms with E-state index >= 15 is 0 Å². The molecular formula is C15H17N3O4. The fourth-order valence-corrected chi connectivity index (χ4v) is 1.72. The lowest BCUT2D eigenvalue weighted by Crippen LogP contribution is -2.18. The third kappa shape index (κ3) is 3.91. The first-order chi connectivity index (χ1) is 10.5. The van der Waals surface area contributed by atoms with Gasteiger partial charge in [-0.05, 0) is 25.0 Å². The molecule has 7 heteroatoms. The van der Waals surface area contributed by atoms with Gasteiger partial charge in [-0.3, -0.25) is 0 Å². The van der Waals surface area contributed by atoms with Crippen LogP contribution in [-0.2, 0) is 9.47 Å². The predicted molar refractivity (Wildman–Crippen MR) is 77.7 cm³/mol. The van der Waals surface area contributed by atoms with Crippen LogP contribution in [-0.4, -0.2) is 33.7 Å². The third-order valence-electron chi connectivity index (χ3n) is 2.72. The third-order valence-corrected chi connectivity index (χ3v) is 2.72. The van der Waals surface area contributed by atoms with Crippen LogP contribution in [0.1, 0.15) is 29.8 Å². The molecule has 2 aromatic rings. The molecule has 0 unspecified atom stereocenters. The highest BCUT2D eigenvalue weighted by Crippen LogP contribution is 2.16. The highest BCUT2D eigenvalue weighted by Gasteiger charge is 2.20. The Morgan fingerprint density at radius 2 is 1.91 bits per heavy atom. The zero-order valence-electron chi connectivity index (χ0n) is 12.6. The summed E-state index contributed by atoms with van der Waals surface area (Å²) in [6.45, 7) is 5.79. The van der Waals surface area contributed by atoms with E-state index in [0.29, 0.717) is 5.69 Å². The average Bonchev–Trinajstić information content (AvgIpc) is 2.99. The van der Waals surface area contributed by atoms with Crippen LogP contribution < -0.4 is 0 Å². The van der Waals surface area contributed by atoms with Gasteiger partial charge in [0, 0.05) is 0 Å². The van der Waals surface area contributed by atoms with Gasteiger partial charge in [0.1, 0.15) is 5.69 Å². The summed E-state index contributed by atoms with van der Waals surface area (Å²) in [7, 11) is 0. The number of carbonyl (C=O) groups is 2. The van der Waals surface area contributed by atoms with Crippen molar-refractivity contribution >= 4 is 12.1 Å². The Bertz CT molecular complexity index is 665. The normalized spacial score (nSPS) is 10.5. The highest BCUT2D eigenvalue weighted by atomic mass is 16.7. The highest BCUT2D eigenvalue weighted by molar-refractivity contribution is 5.98. The number of aryl methyl sites for hydroxylation is 1. The van der Waals surface area contributed by atoms with Crippen LogP contribution in [0.15, 0.2) is 30.6 Å². The number of aromatic nitrogens is 3. The lowest BCUT2D eigenvalue weighted by Gasteiger charge is -2.10. The number of hydrogen-bond donors (Lipinski definition) is 0. The molecule has 0 saturated carbocycles. The molecule has 1 aromatic heterocycles. The first-order valence-corrected chi connectivity index (χ1v) is 6.83. The molecular weight excluding hydrogens is 286 g/mol. The number of rotatable bonds is 4. The van der Waals surface area contributed by atoms with Crippen LogP contribution >= 0.6 is 0 Å². The van der Waals surface area contributed by atoms with Gasteiger partial charge in [-0.2, -0.15) is 15.0 Å². The van der Waals surface area contributed by atoms with Crippen molar-refractivity contribution in [2.24, 2.45) is 5.92 Å². The Kier molecular flexibility index (Phi) is 4.88. The standard InChI is InChI=1S/C15H17N3O4/c1-10(2)9-21-15(20)22-14(19)12-8-11(3)4-5-13(12)18-16-6-7-17-18/h4-8,10H,9H2,1-3H3. The van der Waals surface area contributed by atoms with E-state index < -0.39 is 12.1 Å². The van der Waals surface area contributed by atoms with Gasteiger partial charge in [0.05, 0.1) is 24.6 Å². The molecule has 0 saturated heterocycles. The Morgan fingerprint density at radius 3 is 2.55 bits per heavy atom. The molecule has 0 aliphatic heterocycles. The Hall–Kier alpha value is -2.70. The maximum atomic E-state index is 12.2. The maximum absolute atomic E-state index is 12.2. The van der Waals surface area contributed by atoms with Crippen LogP contribution in [0.3, 0.4) is 0 Å². The summed E-state index contributed by atoms with van der Waals surface area (Å²) >= 11 is 0. The van der Waals surface area contributed by atoms with Gasteiger partial charge < -0.3 is 9.47 Å². The second-order valence-corrected chi connectivity index (χ2v) is 5.18. The smallest absolute Gasteiger partial charge is 0.434 e. The lowest BCUT2D eigenvalue weighted by atomic mass is 10.1. The summed E-state index contributed by atoms with van der Waals surface area (Å²) in [4.78, 5) is 25.0. The van der Waals surface area contributed by atoms with Gasteiger partial charge in [-0.25, -0.2) is 9.59 Å². The van der Waals surface area contributed by atoms with E-state index in [1.807, 2.05) is 26.8 Å². The van der Waals surface area contributed by atoms with E-state index in [9.17, 15) is 9.59 Å². The van der Waals surface area contributed by atoms with Crippen molar-refractivity contribution in [3.05, 3.63) is 41.7 Å². The molecule has 7 nitrogen and oxygen atoms in total. The van der Waals surface area contributed by atoms with Gasteiger partial charge >= 0.3 is 12.1 Å². The quantitative estimate of drug-likeness (QED) is 0.637. The minimum atomic E-state index is -1.01. The fourth-order valence-electron chi connectivity index (χ4n) is 1.72. The molecule has 0 fully saturated rings. The van der Waals surface area contributed by atoms with Crippen molar-refractivity contribution in [2.75, 3.05) is 6.61 Å². The lowest BCUT2D eigenvalue weighted by molar-refractivity contribution is 0.0350. The SMILES string of the molecule is Cc1ccc(-n2nccn2)c(C(=O)OC(=O)OCC(C)C)c1. The molecule has 0 spiro atoms. The first kappa shape index (κ1) is 15.7. The summed E-state index contributed by atoms with van der Waals surface area (Å²) < 4.78 is 9.55. The van der Waals surface area contributed by atoms with Crippen LogP contribution in [0.4, 0.5) is 4.79 Å². The van der Waals surface area contributed by atoms with Gasteiger partial charge in [-0.1, -0.05) is 25.5 Å². The summed E-state index contributed by atoms with van der Waals surface area (Å²) in [6, 6.07) is 5.11. The summed E-state index contributed by atoms with van der Waals surface area (Å²) in [5.74, 6) is -0.643. The minimum Gasteiger partial charge on any atom is -0.434 e. The number of benzene rings is 1. The van der Waals surface area contributed by atoms with Crippen LogP contribution in [0.5, 0.6) is 0 Å². The molecule has 1 aromatic carbocycles. The van der Waals surface area contributed by atoms with E-state index in [4.69, 9.17) is 9.47 Å². The van der Waals surface area contributed by atoms with Gasteiger partial charge in [0.25, 0.3) is 0 Å². The molecule has 1 heterocycles. The summed E-state index contributed by atoms with van der Waals surface area (Å²) in [6.07, 6.45) is 1.97.